The molecule has 1 amide bonds. The molecule has 0 aromatic heterocycles. The number of hydrogen-bond donors (Lipinski definition) is 3. The summed E-state index contributed by atoms with van der Waals surface area (Å²) in [7, 11) is 0. The normalized spacial score (nSPS) is 27.1. The number of unbranched alkanes of at least 4 members (excludes halogenated alkanes) is 3. The molecule has 4 N–H and O–H groups in total. The lowest BCUT2D eigenvalue weighted by Crippen LogP contribution is -3.00. The van der Waals surface area contributed by atoms with Crippen LogP contribution in [-0.4, -0.2) is 91.4 Å². The molecule has 0 spiro atoms. The number of hydrogen-bond acceptors (Lipinski definition) is 3. The first-order chi connectivity index (χ1) is 11.0. The van der Waals surface area contributed by atoms with Crippen LogP contribution < -0.4 is 45.0 Å². The SMILES string of the molecule is NCCCCCCNC(=O)C[N+]12CC[N+](CC(=O)O)(CC1)CC2.[Br-].[Br-]. The standard InChI is InChI=1S/C16H30N4O3.2BrH/c17-5-3-1-2-4-6-18-15(21)13-19-7-10-20(11-8-19,12-9-19)14-16(22)23;;/h1-14,17H2;2*1H. The number of nitrogens with one attached hydrogen (secondary N) is 1. The van der Waals surface area contributed by atoms with Crippen LogP contribution in [0.2, 0.25) is 0 Å². The summed E-state index contributed by atoms with van der Waals surface area (Å²) in [5.41, 5.74) is 5.46. The predicted molar refractivity (Wildman–Crippen MR) is 87.6 cm³/mol. The van der Waals surface area contributed by atoms with E-state index >= 15 is 0 Å². The Morgan fingerprint density at radius 1 is 0.840 bits per heavy atom. The first-order valence-corrected chi connectivity index (χ1v) is 8.88. The van der Waals surface area contributed by atoms with E-state index in [1.54, 1.807) is 0 Å². The van der Waals surface area contributed by atoms with Gasteiger partial charge in [0.1, 0.15) is 39.3 Å². The lowest BCUT2D eigenvalue weighted by molar-refractivity contribution is -1.07. The monoisotopic (exact) mass is 486 g/mol. The van der Waals surface area contributed by atoms with Crippen LogP contribution in [0, 0.1) is 0 Å². The third kappa shape index (κ3) is 7.50. The number of carboxylic acids is 1. The molecular weight excluding hydrogens is 456 g/mol. The summed E-state index contributed by atoms with van der Waals surface area (Å²) in [6.45, 7) is 7.73. The first kappa shape index (κ1) is 24.8. The molecule has 25 heavy (non-hydrogen) atoms. The molecule has 3 aliphatic heterocycles. The summed E-state index contributed by atoms with van der Waals surface area (Å²) >= 11 is 0. The fraction of sp³-hybridized carbons (Fsp3) is 0.875. The predicted octanol–water partition coefficient (Wildman–Crippen LogP) is -6.62. The van der Waals surface area contributed by atoms with Crippen molar-refractivity contribution in [3.63, 3.8) is 0 Å². The Hall–Kier alpha value is -0.220. The minimum absolute atomic E-state index is 0. The van der Waals surface area contributed by atoms with E-state index in [9.17, 15) is 9.59 Å². The third-order valence-corrected chi connectivity index (χ3v) is 5.55. The molecule has 3 aliphatic rings. The molecule has 0 radical (unpaired) electrons. The number of rotatable bonds is 10. The highest BCUT2D eigenvalue weighted by atomic mass is 79.9. The van der Waals surface area contributed by atoms with Gasteiger partial charge in [-0.05, 0) is 19.4 Å². The van der Waals surface area contributed by atoms with Crippen LogP contribution >= 0.6 is 0 Å². The van der Waals surface area contributed by atoms with Gasteiger partial charge in [0.2, 0.25) is 0 Å². The summed E-state index contributed by atoms with van der Waals surface area (Å²) in [5, 5.41) is 12.1. The Morgan fingerprint density at radius 2 is 1.32 bits per heavy atom. The van der Waals surface area contributed by atoms with Gasteiger partial charge in [0.15, 0.2) is 13.1 Å². The van der Waals surface area contributed by atoms with Crippen LogP contribution in [0.3, 0.4) is 0 Å². The number of fused-ring (bicyclic) bond motifs is 3. The van der Waals surface area contributed by atoms with Crippen LogP contribution in [0.1, 0.15) is 25.7 Å². The molecule has 7 nitrogen and oxygen atoms in total. The minimum atomic E-state index is -0.709. The summed E-state index contributed by atoms with van der Waals surface area (Å²) in [6, 6.07) is 0. The molecule has 0 unspecified atom stereocenters. The molecular formula is C16H32Br2N4O3. The van der Waals surface area contributed by atoms with Gasteiger partial charge < -0.3 is 59.1 Å². The molecule has 3 rings (SSSR count). The Labute approximate surface area is 171 Å². The van der Waals surface area contributed by atoms with Crippen molar-refractivity contribution in [3.05, 3.63) is 0 Å². The highest BCUT2D eigenvalue weighted by Crippen LogP contribution is 2.26. The minimum Gasteiger partial charge on any atom is -1.00 e. The number of piperazine rings is 3. The molecule has 2 bridgehead atoms. The number of amides is 1. The quantitative estimate of drug-likeness (QED) is 0.211. The smallest absolute Gasteiger partial charge is 0.359 e. The lowest BCUT2D eigenvalue weighted by Gasteiger charge is -2.54. The van der Waals surface area contributed by atoms with Crippen molar-refractivity contribution in [2.45, 2.75) is 25.7 Å². The Balaban J connectivity index is 0.00000288. The summed E-state index contributed by atoms with van der Waals surface area (Å²) in [6.07, 6.45) is 4.33. The molecule has 9 heteroatoms. The van der Waals surface area contributed by atoms with E-state index in [-0.39, 0.29) is 46.4 Å². The van der Waals surface area contributed by atoms with Gasteiger partial charge in [0.25, 0.3) is 5.91 Å². The molecule has 0 saturated carbocycles. The molecule has 0 atom stereocenters. The van der Waals surface area contributed by atoms with Crippen molar-refractivity contribution in [3.8, 4) is 0 Å². The second kappa shape index (κ2) is 11.5. The van der Waals surface area contributed by atoms with Crippen LogP contribution in [0.5, 0.6) is 0 Å². The second-order valence-electron chi connectivity index (χ2n) is 7.29. The van der Waals surface area contributed by atoms with Crippen LogP contribution in [0.4, 0.5) is 0 Å². The van der Waals surface area contributed by atoms with Gasteiger partial charge >= 0.3 is 5.97 Å². The fourth-order valence-corrected chi connectivity index (χ4v) is 3.92. The number of carbonyl (C=O) groups excluding carboxylic acids is 1. The molecule has 148 valence electrons. The Morgan fingerprint density at radius 3 is 1.80 bits per heavy atom. The van der Waals surface area contributed by atoms with Gasteiger partial charge in [-0.25, -0.2) is 4.79 Å². The zero-order valence-electron chi connectivity index (χ0n) is 14.9. The van der Waals surface area contributed by atoms with Gasteiger partial charge in [-0.1, -0.05) is 12.8 Å². The maximum atomic E-state index is 12.2. The molecule has 0 aromatic rings. The topological polar surface area (TPSA) is 92.4 Å². The average Bonchev–Trinajstić information content (AvgIpc) is 2.52. The van der Waals surface area contributed by atoms with Gasteiger partial charge in [0.05, 0.1) is 0 Å². The number of carboxylic acid groups (broad SMARTS) is 1. The summed E-state index contributed by atoms with van der Waals surface area (Å²) < 4.78 is 1.55. The van der Waals surface area contributed by atoms with Crippen LogP contribution in [0.15, 0.2) is 0 Å². The van der Waals surface area contributed by atoms with Crippen molar-refractivity contribution in [1.82, 2.24) is 5.32 Å². The maximum absolute atomic E-state index is 12.2. The van der Waals surface area contributed by atoms with Crippen molar-refractivity contribution in [2.24, 2.45) is 5.73 Å². The van der Waals surface area contributed by atoms with E-state index in [0.29, 0.717) is 11.0 Å². The third-order valence-electron chi connectivity index (χ3n) is 5.55. The van der Waals surface area contributed by atoms with Crippen molar-refractivity contribution in [2.75, 3.05) is 65.4 Å². The van der Waals surface area contributed by atoms with E-state index < -0.39 is 5.97 Å². The summed E-state index contributed by atoms with van der Waals surface area (Å²) in [4.78, 5) is 23.2. The Bertz CT molecular complexity index is 413. The molecule has 0 aromatic carbocycles. The number of quaternary nitrogens is 2. The summed E-state index contributed by atoms with van der Waals surface area (Å²) in [5.74, 6) is -0.566. The number of nitrogens with zero attached hydrogens (tertiary/aromatic N) is 2. The number of nitrogens with two attached hydrogens (primary N) is 1. The highest BCUT2D eigenvalue weighted by molar-refractivity contribution is 5.77. The van der Waals surface area contributed by atoms with E-state index in [4.69, 9.17) is 10.8 Å². The van der Waals surface area contributed by atoms with Crippen molar-refractivity contribution in [1.29, 1.82) is 0 Å². The second-order valence-corrected chi connectivity index (χ2v) is 7.29. The highest BCUT2D eigenvalue weighted by Gasteiger charge is 2.50. The van der Waals surface area contributed by atoms with E-state index in [2.05, 4.69) is 5.32 Å². The van der Waals surface area contributed by atoms with Gasteiger partial charge in [0, 0.05) is 6.54 Å². The lowest BCUT2D eigenvalue weighted by atomic mass is 10.1. The van der Waals surface area contributed by atoms with Gasteiger partial charge in [-0.15, -0.1) is 0 Å². The van der Waals surface area contributed by atoms with E-state index in [1.807, 2.05) is 0 Å². The van der Waals surface area contributed by atoms with Gasteiger partial charge in [-0.2, -0.15) is 0 Å². The maximum Gasteiger partial charge on any atom is 0.359 e. The Kier molecular flexibility index (Phi) is 11.4. The zero-order chi connectivity index (χ0) is 16.8. The molecule has 3 saturated heterocycles. The van der Waals surface area contributed by atoms with Gasteiger partial charge in [-0.3, -0.25) is 4.79 Å². The number of aliphatic carboxylic acids is 1. The fourth-order valence-electron chi connectivity index (χ4n) is 3.92. The number of halogens is 2. The van der Waals surface area contributed by atoms with E-state index in [1.165, 1.54) is 0 Å². The molecule has 3 heterocycles. The average molecular weight is 488 g/mol. The van der Waals surface area contributed by atoms with Crippen molar-refractivity contribution >= 4 is 11.9 Å². The largest absolute Gasteiger partial charge is 1.00 e. The zero-order valence-corrected chi connectivity index (χ0v) is 18.1. The van der Waals surface area contributed by atoms with Crippen LogP contribution in [0.25, 0.3) is 0 Å². The first-order valence-electron chi connectivity index (χ1n) is 8.88. The molecule has 0 aliphatic carbocycles. The van der Waals surface area contributed by atoms with E-state index in [0.717, 1.165) is 82.5 Å². The van der Waals surface area contributed by atoms with Crippen molar-refractivity contribution < 1.29 is 57.6 Å². The molecule has 3 fully saturated rings. The number of carbonyl (C=O) groups is 2. The van der Waals surface area contributed by atoms with Crippen LogP contribution in [-0.2, 0) is 9.59 Å².